The number of aromatic nitrogens is 3. The number of nitrogens with zero attached hydrogens (tertiary/aromatic N) is 3. The zero-order valence-electron chi connectivity index (χ0n) is 19.7. The molecule has 0 saturated heterocycles. The summed E-state index contributed by atoms with van der Waals surface area (Å²) in [5, 5.41) is 4.50. The molecule has 0 radical (unpaired) electrons. The Balaban J connectivity index is 1.44. The lowest BCUT2D eigenvalue weighted by Crippen LogP contribution is -2.07. The summed E-state index contributed by atoms with van der Waals surface area (Å²) >= 11 is 0. The van der Waals surface area contributed by atoms with E-state index in [2.05, 4.69) is 29.1 Å². The molecule has 0 atom stereocenters. The van der Waals surface area contributed by atoms with Crippen LogP contribution in [0.5, 0.6) is 11.5 Å². The fraction of sp³-hybridized carbons (Fsp3) is 0.423. The van der Waals surface area contributed by atoms with Gasteiger partial charge >= 0.3 is 0 Å². The van der Waals surface area contributed by atoms with Gasteiger partial charge < -0.3 is 19.2 Å². The number of hydrogen-bond donors (Lipinski definition) is 1. The molecule has 7 nitrogen and oxygen atoms in total. The third-order valence-corrected chi connectivity index (χ3v) is 6.31. The highest BCUT2D eigenvalue weighted by Crippen LogP contribution is 2.38. The van der Waals surface area contributed by atoms with Crippen LogP contribution in [-0.4, -0.2) is 35.7 Å². The zero-order valence-corrected chi connectivity index (χ0v) is 19.7. The summed E-state index contributed by atoms with van der Waals surface area (Å²) in [5.74, 6) is 2.72. The van der Waals surface area contributed by atoms with Crippen molar-refractivity contribution >= 4 is 28.0 Å². The average Bonchev–Trinajstić information content (AvgIpc) is 3.43. The van der Waals surface area contributed by atoms with E-state index in [1.165, 1.54) is 16.8 Å². The van der Waals surface area contributed by atoms with E-state index in [0.29, 0.717) is 29.6 Å². The highest BCUT2D eigenvalue weighted by Gasteiger charge is 2.25. The Labute approximate surface area is 193 Å². The van der Waals surface area contributed by atoms with Crippen LogP contribution >= 0.6 is 0 Å². The van der Waals surface area contributed by atoms with Crippen molar-refractivity contribution in [2.24, 2.45) is 5.92 Å². The summed E-state index contributed by atoms with van der Waals surface area (Å²) in [5.41, 5.74) is 7.32. The van der Waals surface area contributed by atoms with Crippen LogP contribution in [0.4, 0.5) is 5.82 Å². The maximum atomic E-state index is 6.27. The second kappa shape index (κ2) is 8.89. The Bertz CT molecular complexity index is 1310. The first-order valence-corrected chi connectivity index (χ1v) is 11.6. The van der Waals surface area contributed by atoms with Crippen LogP contribution < -0.4 is 14.8 Å². The third kappa shape index (κ3) is 3.96. The molecule has 172 valence electrons. The Morgan fingerprint density at radius 1 is 1.06 bits per heavy atom. The molecule has 33 heavy (non-hydrogen) atoms. The predicted molar refractivity (Wildman–Crippen MR) is 129 cm³/mol. The van der Waals surface area contributed by atoms with Gasteiger partial charge in [0.2, 0.25) is 5.71 Å². The van der Waals surface area contributed by atoms with Crippen LogP contribution in [0.1, 0.15) is 42.7 Å². The van der Waals surface area contributed by atoms with Gasteiger partial charge in [-0.25, -0.2) is 15.0 Å². The van der Waals surface area contributed by atoms with Crippen LogP contribution in [0.3, 0.4) is 0 Å². The van der Waals surface area contributed by atoms with E-state index < -0.39 is 0 Å². The zero-order chi connectivity index (χ0) is 22.9. The first kappa shape index (κ1) is 21.5. The largest absolute Gasteiger partial charge is 0.493 e. The molecule has 0 aliphatic heterocycles. The molecule has 0 bridgehead atoms. The lowest BCUT2D eigenvalue weighted by Gasteiger charge is -2.10. The molecule has 0 unspecified atom stereocenters. The van der Waals surface area contributed by atoms with Crippen LogP contribution in [0.2, 0.25) is 0 Å². The summed E-state index contributed by atoms with van der Waals surface area (Å²) < 4.78 is 17.0. The van der Waals surface area contributed by atoms with E-state index >= 15 is 0 Å². The minimum Gasteiger partial charge on any atom is -0.493 e. The smallest absolute Gasteiger partial charge is 0.229 e. The molecule has 3 aromatic heterocycles. The van der Waals surface area contributed by atoms with Crippen LogP contribution in [0, 0.1) is 5.92 Å². The Hall–Kier alpha value is -3.35. The molecule has 4 aromatic rings. The molecule has 1 aliphatic carbocycles. The van der Waals surface area contributed by atoms with Gasteiger partial charge in [-0.05, 0) is 66.8 Å². The molecule has 1 aliphatic rings. The fourth-order valence-corrected chi connectivity index (χ4v) is 4.82. The van der Waals surface area contributed by atoms with E-state index in [1.807, 2.05) is 18.2 Å². The summed E-state index contributed by atoms with van der Waals surface area (Å²) in [6.45, 7) is 5.16. The van der Waals surface area contributed by atoms with Crippen molar-refractivity contribution in [2.75, 3.05) is 26.1 Å². The SMILES string of the molecule is COc1ccc(CCNc2ncnc3c2oc2nc(CC(C)C)c4c(c23)CCC4)cc1OC. The van der Waals surface area contributed by atoms with Crippen molar-refractivity contribution in [3.63, 3.8) is 0 Å². The number of fused-ring (bicyclic) bond motifs is 5. The molecule has 0 spiro atoms. The standard InChI is InChI=1S/C26H30N4O3/c1-15(2)12-19-17-6-5-7-18(17)22-23-24(33-26(22)30-19)25(29-14-28-23)27-11-10-16-8-9-20(31-3)21(13-16)32-4/h8-9,13-15H,5-7,10-12H2,1-4H3,(H,27,28,29). The second-order valence-electron chi connectivity index (χ2n) is 9.02. The number of pyridine rings is 1. The Morgan fingerprint density at radius 2 is 1.88 bits per heavy atom. The minimum atomic E-state index is 0.553. The van der Waals surface area contributed by atoms with E-state index in [0.717, 1.165) is 60.1 Å². The lowest BCUT2D eigenvalue weighted by atomic mass is 9.99. The van der Waals surface area contributed by atoms with Crippen molar-refractivity contribution in [3.8, 4) is 11.5 Å². The van der Waals surface area contributed by atoms with Gasteiger partial charge in [0.15, 0.2) is 22.9 Å². The second-order valence-corrected chi connectivity index (χ2v) is 9.02. The van der Waals surface area contributed by atoms with Crippen molar-refractivity contribution in [3.05, 3.63) is 46.9 Å². The number of benzene rings is 1. The molecule has 0 amide bonds. The van der Waals surface area contributed by atoms with Gasteiger partial charge in [-0.15, -0.1) is 0 Å². The number of furan rings is 1. The first-order valence-electron chi connectivity index (χ1n) is 11.6. The summed E-state index contributed by atoms with van der Waals surface area (Å²) in [6.07, 6.45) is 6.69. The van der Waals surface area contributed by atoms with E-state index in [1.54, 1.807) is 20.5 Å². The van der Waals surface area contributed by atoms with Gasteiger partial charge in [0.05, 0.1) is 19.6 Å². The molecular weight excluding hydrogens is 416 g/mol. The number of rotatable bonds is 8. The topological polar surface area (TPSA) is 82.3 Å². The van der Waals surface area contributed by atoms with Crippen LogP contribution in [0.15, 0.2) is 28.9 Å². The van der Waals surface area contributed by atoms with Crippen molar-refractivity contribution < 1.29 is 13.9 Å². The van der Waals surface area contributed by atoms with Crippen molar-refractivity contribution in [2.45, 2.75) is 46.0 Å². The number of anilines is 1. The van der Waals surface area contributed by atoms with Gasteiger partial charge in [0, 0.05) is 12.2 Å². The molecule has 7 heteroatoms. The molecular formula is C26H30N4O3. The molecule has 5 rings (SSSR count). The Kier molecular flexibility index (Phi) is 5.79. The van der Waals surface area contributed by atoms with Gasteiger partial charge in [-0.1, -0.05) is 19.9 Å². The minimum absolute atomic E-state index is 0.553. The quantitative estimate of drug-likeness (QED) is 0.402. The summed E-state index contributed by atoms with van der Waals surface area (Å²) in [7, 11) is 3.29. The normalized spacial score (nSPS) is 13.1. The fourth-order valence-electron chi connectivity index (χ4n) is 4.82. The highest BCUT2D eigenvalue weighted by molar-refractivity contribution is 6.06. The van der Waals surface area contributed by atoms with Crippen molar-refractivity contribution in [1.29, 1.82) is 0 Å². The van der Waals surface area contributed by atoms with Gasteiger partial charge in [-0.2, -0.15) is 0 Å². The number of nitrogens with one attached hydrogen (secondary N) is 1. The van der Waals surface area contributed by atoms with Gasteiger partial charge in [-0.3, -0.25) is 0 Å². The average molecular weight is 447 g/mol. The van der Waals surface area contributed by atoms with Gasteiger partial charge in [0.1, 0.15) is 11.8 Å². The monoisotopic (exact) mass is 446 g/mol. The highest BCUT2D eigenvalue weighted by atomic mass is 16.5. The molecule has 0 fully saturated rings. The Morgan fingerprint density at radius 3 is 2.67 bits per heavy atom. The predicted octanol–water partition coefficient (Wildman–Crippen LogP) is 5.13. The third-order valence-electron chi connectivity index (χ3n) is 6.31. The van der Waals surface area contributed by atoms with E-state index in [4.69, 9.17) is 18.9 Å². The van der Waals surface area contributed by atoms with Crippen LogP contribution in [-0.2, 0) is 25.7 Å². The molecule has 0 saturated carbocycles. The molecule has 3 heterocycles. The number of hydrogen-bond acceptors (Lipinski definition) is 7. The number of ether oxygens (including phenoxy) is 2. The van der Waals surface area contributed by atoms with E-state index in [-0.39, 0.29) is 0 Å². The maximum absolute atomic E-state index is 6.27. The van der Waals surface area contributed by atoms with E-state index in [9.17, 15) is 0 Å². The molecule has 1 N–H and O–H groups in total. The summed E-state index contributed by atoms with van der Waals surface area (Å²) in [6, 6.07) is 5.97. The summed E-state index contributed by atoms with van der Waals surface area (Å²) in [4.78, 5) is 14.0. The van der Waals surface area contributed by atoms with Gasteiger partial charge in [0.25, 0.3) is 0 Å². The first-order chi connectivity index (χ1) is 16.1. The number of aryl methyl sites for hydroxylation is 1. The van der Waals surface area contributed by atoms with Crippen molar-refractivity contribution in [1.82, 2.24) is 15.0 Å². The maximum Gasteiger partial charge on any atom is 0.229 e. The molecule has 1 aromatic carbocycles. The lowest BCUT2D eigenvalue weighted by molar-refractivity contribution is 0.354. The van der Waals surface area contributed by atoms with Crippen LogP contribution in [0.25, 0.3) is 22.2 Å². The number of methoxy groups -OCH3 is 2.